The van der Waals surface area contributed by atoms with Gasteiger partial charge in [-0.05, 0) is 36.4 Å². The van der Waals surface area contributed by atoms with E-state index in [1.165, 1.54) is 36.7 Å². The zero-order valence-corrected chi connectivity index (χ0v) is 8.99. The Balaban J connectivity index is 2.52. The van der Waals surface area contributed by atoms with E-state index < -0.39 is 15.7 Å². The summed E-state index contributed by atoms with van der Waals surface area (Å²) in [4.78, 5) is 3.96. The molecule has 1 aromatic carbocycles. The van der Waals surface area contributed by atoms with Crippen molar-refractivity contribution < 1.29 is 12.8 Å². The Labute approximate surface area is 92.5 Å². The number of pyridine rings is 1. The highest BCUT2D eigenvalue weighted by atomic mass is 32.2. The summed E-state index contributed by atoms with van der Waals surface area (Å²) in [6, 6.07) is 7.52. The molecule has 16 heavy (non-hydrogen) atoms. The molecule has 0 saturated carbocycles. The summed E-state index contributed by atoms with van der Waals surface area (Å²) in [7, 11) is -3.56. The largest absolute Gasteiger partial charge is 0.265 e. The van der Waals surface area contributed by atoms with E-state index in [4.69, 9.17) is 0 Å². The number of nitrogens with zero attached hydrogens (tertiary/aromatic N) is 1. The summed E-state index contributed by atoms with van der Waals surface area (Å²) in [5.74, 6) is -0.464. The Kier molecular flexibility index (Phi) is 2.70. The van der Waals surface area contributed by atoms with Gasteiger partial charge in [-0.3, -0.25) is 4.98 Å². The Hall–Kier alpha value is -1.75. The zero-order chi connectivity index (χ0) is 11.6. The van der Waals surface area contributed by atoms with Crippen LogP contribution in [0.15, 0.2) is 58.6 Å². The minimum Gasteiger partial charge on any atom is -0.265 e. The Morgan fingerprint density at radius 1 is 0.875 bits per heavy atom. The summed E-state index contributed by atoms with van der Waals surface area (Å²) in [5.41, 5.74) is 0. The van der Waals surface area contributed by atoms with Gasteiger partial charge in [0, 0.05) is 12.4 Å². The minimum absolute atomic E-state index is 0.0695. The predicted molar refractivity (Wildman–Crippen MR) is 56.1 cm³/mol. The van der Waals surface area contributed by atoms with Crippen molar-refractivity contribution in [1.82, 2.24) is 4.98 Å². The van der Waals surface area contributed by atoms with Crippen LogP contribution >= 0.6 is 0 Å². The van der Waals surface area contributed by atoms with Crippen LogP contribution in [0.1, 0.15) is 0 Å². The van der Waals surface area contributed by atoms with Crippen molar-refractivity contribution >= 4 is 9.84 Å². The Bertz CT molecular complexity index is 579. The van der Waals surface area contributed by atoms with Gasteiger partial charge < -0.3 is 0 Å². The van der Waals surface area contributed by atoms with Gasteiger partial charge in [0.1, 0.15) is 5.82 Å². The first-order valence-corrected chi connectivity index (χ1v) is 6.00. The van der Waals surface area contributed by atoms with Crippen LogP contribution in [0.4, 0.5) is 4.39 Å². The molecule has 0 spiro atoms. The van der Waals surface area contributed by atoms with Crippen molar-refractivity contribution in [1.29, 1.82) is 0 Å². The number of hydrogen-bond donors (Lipinski definition) is 0. The first-order chi connectivity index (χ1) is 7.60. The van der Waals surface area contributed by atoms with Gasteiger partial charge in [0.2, 0.25) is 9.84 Å². The van der Waals surface area contributed by atoms with Crippen LogP contribution in [-0.2, 0) is 9.84 Å². The van der Waals surface area contributed by atoms with E-state index in [1.807, 2.05) is 0 Å². The van der Waals surface area contributed by atoms with Crippen LogP contribution < -0.4 is 0 Å². The van der Waals surface area contributed by atoms with Gasteiger partial charge in [-0.25, -0.2) is 12.8 Å². The van der Waals surface area contributed by atoms with Gasteiger partial charge in [-0.2, -0.15) is 0 Å². The molecule has 0 N–H and O–H groups in total. The van der Waals surface area contributed by atoms with Gasteiger partial charge in [-0.15, -0.1) is 0 Å². The van der Waals surface area contributed by atoms with Crippen LogP contribution in [0.2, 0.25) is 0 Å². The van der Waals surface area contributed by atoms with E-state index in [-0.39, 0.29) is 9.79 Å². The molecule has 0 aliphatic rings. The lowest BCUT2D eigenvalue weighted by Gasteiger charge is -2.03. The molecule has 0 bridgehead atoms. The number of halogens is 1. The number of hydrogen-bond acceptors (Lipinski definition) is 3. The van der Waals surface area contributed by atoms with E-state index in [0.717, 1.165) is 12.1 Å². The molecule has 0 unspecified atom stereocenters. The van der Waals surface area contributed by atoms with Gasteiger partial charge in [0.25, 0.3) is 0 Å². The average Bonchev–Trinajstić information content (AvgIpc) is 2.31. The highest BCUT2D eigenvalue weighted by Gasteiger charge is 2.16. The zero-order valence-electron chi connectivity index (χ0n) is 8.17. The van der Waals surface area contributed by atoms with Crippen LogP contribution in [0.25, 0.3) is 0 Å². The highest BCUT2D eigenvalue weighted by molar-refractivity contribution is 7.91. The third-order valence-electron chi connectivity index (χ3n) is 2.08. The molecule has 0 radical (unpaired) electrons. The summed E-state index contributed by atoms with van der Waals surface area (Å²) in [6.07, 6.45) is 2.80. The van der Waals surface area contributed by atoms with E-state index in [1.54, 1.807) is 0 Å². The molecule has 0 amide bonds. The molecular weight excluding hydrogens is 229 g/mol. The maximum Gasteiger partial charge on any atom is 0.206 e. The van der Waals surface area contributed by atoms with Crippen molar-refractivity contribution in [2.45, 2.75) is 9.79 Å². The fourth-order valence-electron chi connectivity index (χ4n) is 1.27. The molecule has 2 rings (SSSR count). The van der Waals surface area contributed by atoms with Gasteiger partial charge in [0.15, 0.2) is 0 Å². The highest BCUT2D eigenvalue weighted by Crippen LogP contribution is 2.19. The lowest BCUT2D eigenvalue weighted by atomic mass is 10.4. The fourth-order valence-corrected chi connectivity index (χ4v) is 2.51. The molecule has 3 nitrogen and oxygen atoms in total. The SMILES string of the molecule is O=S(=O)(c1ccncc1)c1ccc(F)cc1. The number of sulfone groups is 1. The van der Waals surface area contributed by atoms with Crippen molar-refractivity contribution in [3.05, 3.63) is 54.6 Å². The smallest absolute Gasteiger partial charge is 0.206 e. The van der Waals surface area contributed by atoms with Crippen molar-refractivity contribution in [3.8, 4) is 0 Å². The summed E-state index contributed by atoms with van der Waals surface area (Å²) in [6.45, 7) is 0. The summed E-state index contributed by atoms with van der Waals surface area (Å²) in [5, 5.41) is 0. The molecule has 2 aromatic rings. The molecule has 1 aromatic heterocycles. The lowest BCUT2D eigenvalue weighted by molar-refractivity contribution is 0.594. The monoisotopic (exact) mass is 237 g/mol. The molecule has 0 fully saturated rings. The molecule has 82 valence electrons. The van der Waals surface area contributed by atoms with E-state index in [2.05, 4.69) is 4.98 Å². The molecular formula is C11H8FNO2S. The molecule has 0 atom stereocenters. The third kappa shape index (κ3) is 1.94. The van der Waals surface area contributed by atoms with Crippen molar-refractivity contribution in [3.63, 3.8) is 0 Å². The van der Waals surface area contributed by atoms with Crippen molar-refractivity contribution in [2.24, 2.45) is 0 Å². The third-order valence-corrected chi connectivity index (χ3v) is 3.87. The number of benzene rings is 1. The quantitative estimate of drug-likeness (QED) is 0.751. The maximum atomic E-state index is 12.7. The first kappa shape index (κ1) is 10.8. The molecule has 5 heteroatoms. The summed E-state index contributed by atoms with van der Waals surface area (Å²) >= 11 is 0. The topological polar surface area (TPSA) is 47.0 Å². The van der Waals surface area contributed by atoms with Gasteiger partial charge in [0.05, 0.1) is 9.79 Å². The molecule has 0 aliphatic heterocycles. The molecule has 1 heterocycles. The lowest BCUT2D eigenvalue weighted by Crippen LogP contribution is -2.01. The van der Waals surface area contributed by atoms with Crippen LogP contribution in [0.3, 0.4) is 0 Å². The molecule has 0 saturated heterocycles. The van der Waals surface area contributed by atoms with Crippen LogP contribution in [0, 0.1) is 5.82 Å². The number of aromatic nitrogens is 1. The maximum absolute atomic E-state index is 12.7. The number of rotatable bonds is 2. The standard InChI is InChI=1S/C11H8FNO2S/c12-9-1-3-10(4-2-9)16(14,15)11-5-7-13-8-6-11/h1-8H. The van der Waals surface area contributed by atoms with Crippen LogP contribution in [-0.4, -0.2) is 13.4 Å². The van der Waals surface area contributed by atoms with E-state index in [9.17, 15) is 12.8 Å². The Morgan fingerprint density at radius 2 is 1.38 bits per heavy atom. The second-order valence-electron chi connectivity index (χ2n) is 3.14. The minimum atomic E-state index is -3.56. The van der Waals surface area contributed by atoms with Gasteiger partial charge in [-0.1, -0.05) is 0 Å². The van der Waals surface area contributed by atoms with Crippen molar-refractivity contribution in [2.75, 3.05) is 0 Å². The van der Waals surface area contributed by atoms with E-state index in [0.29, 0.717) is 0 Å². The average molecular weight is 237 g/mol. The Morgan fingerprint density at radius 3 is 1.94 bits per heavy atom. The summed E-state index contributed by atoms with van der Waals surface area (Å²) < 4.78 is 36.7. The molecule has 0 aliphatic carbocycles. The van der Waals surface area contributed by atoms with E-state index >= 15 is 0 Å². The second-order valence-corrected chi connectivity index (χ2v) is 5.09. The predicted octanol–water partition coefficient (Wildman–Crippen LogP) is 2.05. The normalized spacial score (nSPS) is 11.3. The van der Waals surface area contributed by atoms with Gasteiger partial charge >= 0.3 is 0 Å². The fraction of sp³-hybridized carbons (Fsp3) is 0. The van der Waals surface area contributed by atoms with Crippen LogP contribution in [0.5, 0.6) is 0 Å². The second kappa shape index (κ2) is 4.02. The first-order valence-electron chi connectivity index (χ1n) is 4.51.